The molecule has 1 heterocycles. The summed E-state index contributed by atoms with van der Waals surface area (Å²) in [6.07, 6.45) is 3.12. The van der Waals surface area contributed by atoms with Crippen LogP contribution in [0.15, 0.2) is 0 Å². The van der Waals surface area contributed by atoms with Crippen LogP contribution in [-0.2, 0) is 4.74 Å². The predicted octanol–water partition coefficient (Wildman–Crippen LogP) is 1.15. The van der Waals surface area contributed by atoms with Crippen LogP contribution in [0.2, 0.25) is 0 Å². The second kappa shape index (κ2) is 9.16. The zero-order chi connectivity index (χ0) is 13.2. The van der Waals surface area contributed by atoms with Crippen molar-refractivity contribution in [3.63, 3.8) is 0 Å². The highest BCUT2D eigenvalue weighted by Gasteiger charge is 2.12. The van der Waals surface area contributed by atoms with Crippen molar-refractivity contribution < 1.29 is 9.53 Å². The molecule has 1 amide bonds. The minimum absolute atomic E-state index is 0.295. The van der Waals surface area contributed by atoms with Gasteiger partial charge in [0, 0.05) is 32.7 Å². The number of piperazine rings is 1. The highest BCUT2D eigenvalue weighted by molar-refractivity contribution is 5.66. The number of carbonyl (C=O) groups is 1. The number of alkyl carbamates (subject to hydrolysis) is 1. The first-order valence-corrected chi connectivity index (χ1v) is 7.04. The molecule has 0 unspecified atom stereocenters. The lowest BCUT2D eigenvalue weighted by Crippen LogP contribution is -2.44. The Morgan fingerprint density at radius 3 is 2.56 bits per heavy atom. The summed E-state index contributed by atoms with van der Waals surface area (Å²) in [4.78, 5) is 15.9. The van der Waals surface area contributed by atoms with E-state index in [4.69, 9.17) is 4.74 Å². The molecule has 0 spiro atoms. The van der Waals surface area contributed by atoms with Gasteiger partial charge < -0.3 is 19.9 Å². The van der Waals surface area contributed by atoms with E-state index in [1.807, 2.05) is 6.92 Å². The number of carbonyl (C=O) groups excluding carboxylic acids is 1. The Kier molecular flexibility index (Phi) is 7.76. The molecule has 0 atom stereocenters. The number of hydrogen-bond acceptors (Lipinski definition) is 4. The average Bonchev–Trinajstić information content (AvgIpc) is 2.36. The summed E-state index contributed by atoms with van der Waals surface area (Å²) in [5.74, 6) is 0. The molecule has 0 radical (unpaired) electrons. The van der Waals surface area contributed by atoms with Crippen LogP contribution in [-0.4, -0.2) is 68.8 Å². The number of amides is 1. The van der Waals surface area contributed by atoms with Gasteiger partial charge in [-0.15, -0.1) is 0 Å². The van der Waals surface area contributed by atoms with E-state index in [0.29, 0.717) is 6.61 Å². The second-order valence-corrected chi connectivity index (χ2v) is 4.85. The normalized spacial score (nSPS) is 17.7. The first-order chi connectivity index (χ1) is 8.72. The average molecular weight is 257 g/mol. The molecule has 1 aliphatic heterocycles. The van der Waals surface area contributed by atoms with E-state index in [-0.39, 0.29) is 6.09 Å². The lowest BCUT2D eigenvalue weighted by molar-refractivity contribution is 0.149. The van der Waals surface area contributed by atoms with Crippen molar-refractivity contribution in [3.05, 3.63) is 0 Å². The van der Waals surface area contributed by atoms with Gasteiger partial charge in [0.1, 0.15) is 0 Å². The van der Waals surface area contributed by atoms with Gasteiger partial charge >= 0.3 is 6.09 Å². The number of ether oxygens (including phenoxy) is 1. The molecular weight excluding hydrogens is 230 g/mol. The SMILES string of the molecule is CCOC(=O)NCCCCCN1CCN(C)CC1. The van der Waals surface area contributed by atoms with Gasteiger partial charge in [-0.25, -0.2) is 4.79 Å². The minimum atomic E-state index is -0.295. The highest BCUT2D eigenvalue weighted by Crippen LogP contribution is 2.02. The number of nitrogens with zero attached hydrogens (tertiary/aromatic N) is 2. The van der Waals surface area contributed by atoms with E-state index in [1.165, 1.54) is 45.6 Å². The number of hydrogen-bond donors (Lipinski definition) is 1. The largest absolute Gasteiger partial charge is 0.450 e. The molecule has 0 bridgehead atoms. The first-order valence-electron chi connectivity index (χ1n) is 7.04. The van der Waals surface area contributed by atoms with Gasteiger partial charge in [-0.1, -0.05) is 6.42 Å². The number of nitrogens with one attached hydrogen (secondary N) is 1. The maximum absolute atomic E-state index is 11.0. The fraction of sp³-hybridized carbons (Fsp3) is 0.923. The van der Waals surface area contributed by atoms with Crippen molar-refractivity contribution in [3.8, 4) is 0 Å². The Labute approximate surface area is 110 Å². The molecule has 0 aromatic heterocycles. The lowest BCUT2D eigenvalue weighted by Gasteiger charge is -2.32. The third-order valence-corrected chi connectivity index (χ3v) is 3.29. The molecule has 106 valence electrons. The molecule has 1 fully saturated rings. The molecule has 1 rings (SSSR count). The van der Waals surface area contributed by atoms with E-state index in [0.717, 1.165) is 13.0 Å². The van der Waals surface area contributed by atoms with Crippen molar-refractivity contribution in [2.75, 3.05) is 52.9 Å². The predicted molar refractivity (Wildman–Crippen MR) is 72.8 cm³/mol. The van der Waals surface area contributed by atoms with Crippen molar-refractivity contribution in [2.45, 2.75) is 26.2 Å². The van der Waals surface area contributed by atoms with Crippen molar-refractivity contribution in [2.24, 2.45) is 0 Å². The summed E-state index contributed by atoms with van der Waals surface area (Å²) in [5, 5.41) is 2.75. The topological polar surface area (TPSA) is 44.8 Å². The molecular formula is C13H27N3O2. The maximum Gasteiger partial charge on any atom is 0.407 e. The van der Waals surface area contributed by atoms with Crippen LogP contribution in [0.25, 0.3) is 0 Å². The van der Waals surface area contributed by atoms with Gasteiger partial charge in [-0.3, -0.25) is 0 Å². The van der Waals surface area contributed by atoms with E-state index in [2.05, 4.69) is 22.2 Å². The number of likely N-dealkylation sites (N-methyl/N-ethyl adjacent to an activating group) is 1. The standard InChI is InChI=1S/C13H27N3O2/c1-3-18-13(17)14-7-5-4-6-8-16-11-9-15(2)10-12-16/h3-12H2,1-2H3,(H,14,17). The van der Waals surface area contributed by atoms with E-state index < -0.39 is 0 Å². The zero-order valence-electron chi connectivity index (χ0n) is 11.8. The summed E-state index contributed by atoms with van der Waals surface area (Å²) in [6, 6.07) is 0. The van der Waals surface area contributed by atoms with E-state index in [1.54, 1.807) is 0 Å². The van der Waals surface area contributed by atoms with Crippen LogP contribution in [0, 0.1) is 0 Å². The molecule has 5 heteroatoms. The van der Waals surface area contributed by atoms with Crippen molar-refractivity contribution >= 4 is 6.09 Å². The first kappa shape index (κ1) is 15.2. The lowest BCUT2D eigenvalue weighted by atomic mass is 10.2. The third kappa shape index (κ3) is 6.81. The van der Waals surface area contributed by atoms with Crippen LogP contribution in [0.1, 0.15) is 26.2 Å². The van der Waals surface area contributed by atoms with Gasteiger partial charge in [0.05, 0.1) is 6.61 Å². The fourth-order valence-electron chi connectivity index (χ4n) is 2.08. The van der Waals surface area contributed by atoms with Crippen LogP contribution in [0.5, 0.6) is 0 Å². The fourth-order valence-corrected chi connectivity index (χ4v) is 2.08. The number of unbranched alkanes of at least 4 members (excludes halogenated alkanes) is 2. The highest BCUT2D eigenvalue weighted by atomic mass is 16.5. The molecule has 0 aromatic carbocycles. The molecule has 1 saturated heterocycles. The minimum Gasteiger partial charge on any atom is -0.450 e. The Morgan fingerprint density at radius 2 is 1.89 bits per heavy atom. The maximum atomic E-state index is 11.0. The second-order valence-electron chi connectivity index (χ2n) is 4.85. The Balaban J connectivity index is 1.88. The molecule has 0 aromatic rings. The van der Waals surface area contributed by atoms with Gasteiger partial charge in [-0.2, -0.15) is 0 Å². The summed E-state index contributed by atoms with van der Waals surface area (Å²) in [5.41, 5.74) is 0. The quantitative estimate of drug-likeness (QED) is 0.695. The molecule has 0 aliphatic carbocycles. The van der Waals surface area contributed by atoms with Gasteiger partial charge in [0.15, 0.2) is 0 Å². The van der Waals surface area contributed by atoms with Crippen LogP contribution in [0.3, 0.4) is 0 Å². The Morgan fingerprint density at radius 1 is 1.17 bits per heavy atom. The molecule has 1 aliphatic rings. The Hall–Kier alpha value is -0.810. The molecule has 18 heavy (non-hydrogen) atoms. The van der Waals surface area contributed by atoms with Gasteiger partial charge in [0.25, 0.3) is 0 Å². The van der Waals surface area contributed by atoms with Crippen molar-refractivity contribution in [1.29, 1.82) is 0 Å². The van der Waals surface area contributed by atoms with E-state index in [9.17, 15) is 4.79 Å². The third-order valence-electron chi connectivity index (χ3n) is 3.29. The molecule has 5 nitrogen and oxygen atoms in total. The Bertz CT molecular complexity index is 228. The van der Waals surface area contributed by atoms with Crippen LogP contribution in [0.4, 0.5) is 4.79 Å². The number of rotatable bonds is 7. The summed E-state index contributed by atoms with van der Waals surface area (Å²) < 4.78 is 4.79. The van der Waals surface area contributed by atoms with Gasteiger partial charge in [0.2, 0.25) is 0 Å². The molecule has 0 saturated carbocycles. The van der Waals surface area contributed by atoms with E-state index >= 15 is 0 Å². The van der Waals surface area contributed by atoms with Gasteiger partial charge in [-0.05, 0) is 33.4 Å². The monoisotopic (exact) mass is 257 g/mol. The zero-order valence-corrected chi connectivity index (χ0v) is 11.8. The molecule has 1 N–H and O–H groups in total. The summed E-state index contributed by atoms with van der Waals surface area (Å²) >= 11 is 0. The summed E-state index contributed by atoms with van der Waals surface area (Å²) in [7, 11) is 2.18. The van der Waals surface area contributed by atoms with Crippen LogP contribution < -0.4 is 5.32 Å². The van der Waals surface area contributed by atoms with Crippen LogP contribution >= 0.6 is 0 Å². The van der Waals surface area contributed by atoms with Crippen molar-refractivity contribution in [1.82, 2.24) is 15.1 Å². The smallest absolute Gasteiger partial charge is 0.407 e. The summed E-state index contributed by atoms with van der Waals surface area (Å²) in [6.45, 7) is 8.92.